The first-order valence-corrected chi connectivity index (χ1v) is 10.6. The van der Waals surface area contributed by atoms with Crippen LogP contribution in [0.3, 0.4) is 0 Å². The molecule has 4 aromatic rings. The molecule has 29 heavy (non-hydrogen) atoms. The first-order chi connectivity index (χ1) is 13.9. The maximum Gasteiger partial charge on any atom is 0.349 e. The molecule has 0 bridgehead atoms. The summed E-state index contributed by atoms with van der Waals surface area (Å²) in [6.45, 7) is 3.50. The van der Waals surface area contributed by atoms with E-state index in [9.17, 15) is 9.59 Å². The number of benzene rings is 2. The molecule has 7 heteroatoms. The van der Waals surface area contributed by atoms with Crippen molar-refractivity contribution >= 4 is 49.2 Å². The van der Waals surface area contributed by atoms with Crippen LogP contribution in [0.5, 0.6) is 0 Å². The summed E-state index contributed by atoms with van der Waals surface area (Å²) >= 11 is 4.65. The normalized spacial score (nSPS) is 12.1. The van der Waals surface area contributed by atoms with E-state index in [1.807, 2.05) is 41.9 Å². The van der Waals surface area contributed by atoms with E-state index in [0.717, 1.165) is 26.1 Å². The number of ether oxygens (including phenoxy) is 1. The number of carbonyl (C=O) groups excluding carboxylic acids is 2. The van der Waals surface area contributed by atoms with Crippen LogP contribution >= 0.6 is 27.3 Å². The molecule has 0 aliphatic heterocycles. The Hall–Kier alpha value is -2.77. The lowest BCUT2D eigenvalue weighted by atomic mass is 10.1. The number of aromatic nitrogens is 2. The van der Waals surface area contributed by atoms with Gasteiger partial charge in [0.1, 0.15) is 9.71 Å². The third-order valence-corrected chi connectivity index (χ3v) is 6.15. The second kappa shape index (κ2) is 7.93. The Morgan fingerprint density at radius 1 is 1.10 bits per heavy atom. The lowest BCUT2D eigenvalue weighted by molar-refractivity contribution is 0.0323. The number of halogens is 1. The minimum atomic E-state index is -0.874. The number of hydrogen-bond donors (Lipinski definition) is 0. The smallest absolute Gasteiger partial charge is 0.349 e. The number of rotatable bonds is 5. The van der Waals surface area contributed by atoms with Crippen LogP contribution in [0, 0.1) is 6.92 Å². The molecule has 0 amide bonds. The molecule has 2 aromatic carbocycles. The largest absolute Gasteiger partial charge is 0.450 e. The molecule has 0 N–H and O–H groups in total. The van der Waals surface area contributed by atoms with Gasteiger partial charge in [-0.05, 0) is 44.2 Å². The van der Waals surface area contributed by atoms with Crippen LogP contribution in [0.25, 0.3) is 15.9 Å². The molecule has 0 unspecified atom stereocenters. The lowest BCUT2D eigenvalue weighted by Crippen LogP contribution is -2.24. The predicted octanol–water partition coefficient (Wildman–Crippen LogP) is 5.59. The summed E-state index contributed by atoms with van der Waals surface area (Å²) in [6.07, 6.45) is -0.874. The zero-order valence-electron chi connectivity index (χ0n) is 15.8. The number of thiophene rings is 1. The topological polar surface area (TPSA) is 61.2 Å². The van der Waals surface area contributed by atoms with E-state index in [4.69, 9.17) is 4.74 Å². The van der Waals surface area contributed by atoms with Gasteiger partial charge in [-0.2, -0.15) is 5.10 Å². The van der Waals surface area contributed by atoms with Gasteiger partial charge in [0.15, 0.2) is 6.10 Å². The van der Waals surface area contributed by atoms with E-state index in [-0.39, 0.29) is 5.78 Å². The van der Waals surface area contributed by atoms with Crippen molar-refractivity contribution in [1.82, 2.24) is 9.78 Å². The summed E-state index contributed by atoms with van der Waals surface area (Å²) in [5, 5.41) is 5.47. The van der Waals surface area contributed by atoms with Crippen LogP contribution in [0.1, 0.15) is 32.6 Å². The van der Waals surface area contributed by atoms with Crippen molar-refractivity contribution < 1.29 is 14.3 Å². The molecule has 4 rings (SSSR count). The summed E-state index contributed by atoms with van der Waals surface area (Å²) in [7, 11) is 0. The Morgan fingerprint density at radius 3 is 2.48 bits per heavy atom. The van der Waals surface area contributed by atoms with Gasteiger partial charge in [-0.1, -0.05) is 46.3 Å². The molecule has 0 fully saturated rings. The second-order valence-corrected chi connectivity index (χ2v) is 8.53. The minimum absolute atomic E-state index is 0.237. The van der Waals surface area contributed by atoms with Gasteiger partial charge in [0, 0.05) is 15.4 Å². The van der Waals surface area contributed by atoms with Gasteiger partial charge in [0.2, 0.25) is 5.78 Å². The Bertz CT molecular complexity index is 1200. The third kappa shape index (κ3) is 3.88. The number of carbonyl (C=O) groups is 2. The highest BCUT2D eigenvalue weighted by atomic mass is 79.9. The molecule has 2 aromatic heterocycles. The number of fused-ring (bicyclic) bond motifs is 1. The van der Waals surface area contributed by atoms with Crippen LogP contribution < -0.4 is 0 Å². The number of para-hydroxylation sites is 1. The van der Waals surface area contributed by atoms with Crippen molar-refractivity contribution in [3.8, 4) is 5.69 Å². The average Bonchev–Trinajstić information content (AvgIpc) is 3.29. The highest BCUT2D eigenvalue weighted by Crippen LogP contribution is 2.31. The van der Waals surface area contributed by atoms with Crippen molar-refractivity contribution in [2.75, 3.05) is 0 Å². The van der Waals surface area contributed by atoms with Crippen molar-refractivity contribution in [3.63, 3.8) is 0 Å². The number of aryl methyl sites for hydroxylation is 1. The Morgan fingerprint density at radius 2 is 1.79 bits per heavy atom. The van der Waals surface area contributed by atoms with E-state index >= 15 is 0 Å². The number of nitrogens with zero attached hydrogens (tertiary/aromatic N) is 2. The first kappa shape index (κ1) is 19.5. The van der Waals surface area contributed by atoms with Crippen molar-refractivity contribution in [1.29, 1.82) is 0 Å². The summed E-state index contributed by atoms with van der Waals surface area (Å²) in [5.74, 6) is -0.748. The molecule has 2 heterocycles. The molecule has 0 saturated heterocycles. The van der Waals surface area contributed by atoms with Crippen LogP contribution in [0.2, 0.25) is 0 Å². The molecule has 146 valence electrons. The van der Waals surface area contributed by atoms with E-state index in [1.54, 1.807) is 37.3 Å². The zero-order chi connectivity index (χ0) is 20.5. The molecule has 0 saturated carbocycles. The van der Waals surface area contributed by atoms with Crippen LogP contribution in [-0.2, 0) is 4.74 Å². The number of Topliss-reactive ketones (excluding diaryl/α,β-unsaturated/α-hetero) is 1. The van der Waals surface area contributed by atoms with Crippen LogP contribution in [-0.4, -0.2) is 27.6 Å². The van der Waals surface area contributed by atoms with E-state index < -0.39 is 12.1 Å². The van der Waals surface area contributed by atoms with Gasteiger partial charge >= 0.3 is 5.97 Å². The Kier molecular flexibility index (Phi) is 5.34. The van der Waals surface area contributed by atoms with Gasteiger partial charge in [-0.25, -0.2) is 9.48 Å². The van der Waals surface area contributed by atoms with Gasteiger partial charge in [-0.15, -0.1) is 11.3 Å². The standard InChI is InChI=1S/C22H17BrN2O3S/c1-13-18-12-19(29-21(18)25(24-13)17-6-4-3-5-7-17)22(27)28-14(2)20(26)15-8-10-16(23)11-9-15/h3-12,14H,1-2H3/t14-/m0/s1. The maximum absolute atomic E-state index is 12.7. The van der Waals surface area contributed by atoms with Gasteiger partial charge in [0.05, 0.1) is 11.4 Å². The van der Waals surface area contributed by atoms with Crippen molar-refractivity contribution in [3.05, 3.63) is 81.3 Å². The first-order valence-electron chi connectivity index (χ1n) is 8.99. The molecule has 0 aliphatic carbocycles. The fourth-order valence-electron chi connectivity index (χ4n) is 3.01. The molecule has 1 atom stereocenters. The number of ketones is 1. The summed E-state index contributed by atoms with van der Waals surface area (Å²) in [6, 6.07) is 18.5. The van der Waals surface area contributed by atoms with Crippen LogP contribution in [0.4, 0.5) is 0 Å². The van der Waals surface area contributed by atoms with Crippen molar-refractivity contribution in [2.45, 2.75) is 20.0 Å². The Labute approximate surface area is 180 Å². The predicted molar refractivity (Wildman–Crippen MR) is 117 cm³/mol. The second-order valence-electron chi connectivity index (χ2n) is 6.58. The highest BCUT2D eigenvalue weighted by Gasteiger charge is 2.23. The third-order valence-electron chi connectivity index (χ3n) is 4.53. The molecular formula is C22H17BrN2O3S. The molecule has 0 spiro atoms. The van der Waals surface area contributed by atoms with E-state index in [1.165, 1.54) is 11.3 Å². The average molecular weight is 469 g/mol. The lowest BCUT2D eigenvalue weighted by Gasteiger charge is -2.11. The quantitative estimate of drug-likeness (QED) is 0.283. The maximum atomic E-state index is 12.7. The monoisotopic (exact) mass is 468 g/mol. The van der Waals surface area contributed by atoms with E-state index in [2.05, 4.69) is 21.0 Å². The fraction of sp³-hybridized carbons (Fsp3) is 0.136. The minimum Gasteiger partial charge on any atom is -0.450 e. The molecule has 0 aliphatic rings. The molecular weight excluding hydrogens is 452 g/mol. The summed E-state index contributed by atoms with van der Waals surface area (Å²) in [5.41, 5.74) is 2.25. The zero-order valence-corrected chi connectivity index (χ0v) is 18.2. The van der Waals surface area contributed by atoms with Gasteiger partial charge in [-0.3, -0.25) is 4.79 Å². The summed E-state index contributed by atoms with van der Waals surface area (Å²) < 4.78 is 8.15. The number of hydrogen-bond acceptors (Lipinski definition) is 5. The molecule has 0 radical (unpaired) electrons. The van der Waals surface area contributed by atoms with Crippen LogP contribution in [0.15, 0.2) is 65.1 Å². The summed E-state index contributed by atoms with van der Waals surface area (Å²) in [4.78, 5) is 26.5. The van der Waals surface area contributed by atoms with E-state index in [0.29, 0.717) is 10.4 Å². The van der Waals surface area contributed by atoms with Crippen molar-refractivity contribution in [2.24, 2.45) is 0 Å². The Balaban J connectivity index is 1.57. The SMILES string of the molecule is Cc1nn(-c2ccccc2)c2sc(C(=O)O[C@@H](C)C(=O)c3ccc(Br)cc3)cc12. The van der Waals surface area contributed by atoms with Gasteiger partial charge in [0.25, 0.3) is 0 Å². The highest BCUT2D eigenvalue weighted by molar-refractivity contribution is 9.10. The molecule has 5 nitrogen and oxygen atoms in total. The van der Waals surface area contributed by atoms with Gasteiger partial charge < -0.3 is 4.74 Å². The fourth-order valence-corrected chi connectivity index (χ4v) is 4.34. The number of esters is 1.